The maximum atomic E-state index is 13.6. The fourth-order valence-corrected chi connectivity index (χ4v) is 3.47. The fraction of sp³-hybridized carbons (Fsp3) is 0.0714. The molecule has 0 spiro atoms. The average Bonchev–Trinajstić information content (AvgIpc) is 2.48. The highest BCUT2D eigenvalue weighted by molar-refractivity contribution is 7.90. The van der Waals surface area contributed by atoms with E-state index in [0.29, 0.717) is 6.07 Å². The van der Waals surface area contributed by atoms with Gasteiger partial charge in [-0.05, 0) is 12.1 Å². The summed E-state index contributed by atoms with van der Waals surface area (Å²) in [5.74, 6) is -3.22. The fourth-order valence-electron chi connectivity index (χ4n) is 1.95. The zero-order chi connectivity index (χ0) is 17.2. The lowest BCUT2D eigenvalue weighted by Gasteiger charge is -2.08. The lowest BCUT2D eigenvalue weighted by molar-refractivity contribution is -0.387. The van der Waals surface area contributed by atoms with Crippen molar-refractivity contribution in [1.29, 1.82) is 0 Å². The van der Waals surface area contributed by atoms with Crippen molar-refractivity contribution in [2.45, 2.75) is 10.6 Å². The lowest BCUT2D eigenvalue weighted by atomic mass is 10.2. The van der Waals surface area contributed by atoms with Gasteiger partial charge in [0.1, 0.15) is 10.7 Å². The molecular weight excluding hydrogens is 329 g/mol. The van der Waals surface area contributed by atoms with Crippen LogP contribution in [0.15, 0.2) is 47.4 Å². The maximum absolute atomic E-state index is 13.6. The number of nitro benzene ring substituents is 1. The van der Waals surface area contributed by atoms with Gasteiger partial charge in [-0.15, -0.1) is 0 Å². The number of carboxylic acids is 1. The Morgan fingerprint density at radius 1 is 1.17 bits per heavy atom. The van der Waals surface area contributed by atoms with Crippen LogP contribution in [0.5, 0.6) is 0 Å². The number of hydrogen-bond donors (Lipinski definition) is 0. The first-order valence-corrected chi connectivity index (χ1v) is 7.83. The molecule has 9 heteroatoms. The van der Waals surface area contributed by atoms with E-state index in [1.54, 1.807) is 0 Å². The molecule has 0 unspecified atom stereocenters. The Morgan fingerprint density at radius 2 is 1.83 bits per heavy atom. The van der Waals surface area contributed by atoms with Crippen LogP contribution in [-0.2, 0) is 15.6 Å². The van der Waals surface area contributed by atoms with Crippen LogP contribution < -0.4 is 5.11 Å². The van der Waals surface area contributed by atoms with E-state index in [4.69, 9.17) is 0 Å². The van der Waals surface area contributed by atoms with E-state index in [2.05, 4.69) is 0 Å². The van der Waals surface area contributed by atoms with E-state index < -0.39 is 48.4 Å². The van der Waals surface area contributed by atoms with E-state index >= 15 is 0 Å². The second-order valence-electron chi connectivity index (χ2n) is 4.58. The number of hydrogen-bond acceptors (Lipinski definition) is 6. The third kappa shape index (κ3) is 3.51. The minimum absolute atomic E-state index is 0.147. The number of rotatable bonds is 5. The smallest absolute Gasteiger partial charge is 0.288 e. The molecule has 0 aliphatic heterocycles. The summed E-state index contributed by atoms with van der Waals surface area (Å²) in [4.78, 5) is 20.1. The van der Waals surface area contributed by atoms with Crippen LogP contribution in [0.3, 0.4) is 0 Å². The number of carboxylic acid groups (broad SMARTS) is 1. The molecule has 2 aromatic rings. The Labute approximate surface area is 130 Å². The molecule has 2 aromatic carbocycles. The molecule has 0 fully saturated rings. The number of nitro groups is 1. The molecule has 0 aromatic heterocycles. The quantitative estimate of drug-likeness (QED) is 0.594. The zero-order valence-corrected chi connectivity index (χ0v) is 12.2. The van der Waals surface area contributed by atoms with Crippen LogP contribution >= 0.6 is 0 Å². The van der Waals surface area contributed by atoms with Crippen molar-refractivity contribution in [1.82, 2.24) is 0 Å². The first kappa shape index (κ1) is 16.6. The molecule has 23 heavy (non-hydrogen) atoms. The van der Waals surface area contributed by atoms with Gasteiger partial charge in [0, 0.05) is 17.2 Å². The normalized spacial score (nSPS) is 11.2. The van der Waals surface area contributed by atoms with Crippen LogP contribution in [0.1, 0.15) is 15.9 Å². The lowest BCUT2D eigenvalue weighted by Crippen LogP contribution is -2.22. The van der Waals surface area contributed by atoms with Gasteiger partial charge in [-0.1, -0.05) is 24.3 Å². The second kappa shape index (κ2) is 6.13. The third-order valence-electron chi connectivity index (χ3n) is 3.03. The van der Waals surface area contributed by atoms with E-state index in [0.717, 1.165) is 18.2 Å². The molecule has 0 N–H and O–H groups in total. The van der Waals surface area contributed by atoms with Gasteiger partial charge in [0.05, 0.1) is 16.6 Å². The Kier molecular flexibility index (Phi) is 4.41. The van der Waals surface area contributed by atoms with Crippen molar-refractivity contribution < 1.29 is 27.6 Å². The van der Waals surface area contributed by atoms with Crippen LogP contribution in [0, 0.1) is 15.9 Å². The van der Waals surface area contributed by atoms with Gasteiger partial charge in [-0.2, -0.15) is 0 Å². The first-order chi connectivity index (χ1) is 10.7. The number of carbonyl (C=O) groups excluding carboxylic acids is 1. The molecule has 0 saturated carbocycles. The van der Waals surface area contributed by atoms with Crippen molar-refractivity contribution >= 4 is 21.5 Å². The summed E-state index contributed by atoms with van der Waals surface area (Å²) < 4.78 is 38.2. The van der Waals surface area contributed by atoms with Crippen LogP contribution in [0.4, 0.5) is 10.1 Å². The van der Waals surface area contributed by atoms with Gasteiger partial charge in [-0.3, -0.25) is 10.1 Å². The number of sulfone groups is 1. The SMILES string of the molecule is O=C([O-])c1ccc(S(=O)(=O)Cc2ccccc2F)c([N+](=O)[O-])c1. The molecule has 0 atom stereocenters. The van der Waals surface area contributed by atoms with Gasteiger partial charge in [0.25, 0.3) is 5.69 Å². The van der Waals surface area contributed by atoms with E-state index in [-0.39, 0.29) is 5.56 Å². The standard InChI is InChI=1S/C14H10FNO6S/c15-11-4-2-1-3-10(11)8-23(21,22)13-6-5-9(14(17)18)7-12(13)16(19)20/h1-7H,8H2,(H,17,18)/p-1. The van der Waals surface area contributed by atoms with Crippen LogP contribution in [-0.4, -0.2) is 19.3 Å². The molecule has 0 aliphatic carbocycles. The Balaban J connectivity index is 2.53. The van der Waals surface area contributed by atoms with Crippen LogP contribution in [0.25, 0.3) is 0 Å². The highest BCUT2D eigenvalue weighted by Gasteiger charge is 2.27. The van der Waals surface area contributed by atoms with Crippen molar-refractivity contribution in [2.75, 3.05) is 0 Å². The summed E-state index contributed by atoms with van der Waals surface area (Å²) >= 11 is 0. The topological polar surface area (TPSA) is 117 Å². The van der Waals surface area contributed by atoms with Gasteiger partial charge >= 0.3 is 0 Å². The highest BCUT2D eigenvalue weighted by Crippen LogP contribution is 2.28. The molecular formula is C14H9FNO6S-. The van der Waals surface area contributed by atoms with Crippen molar-refractivity contribution in [2.24, 2.45) is 0 Å². The summed E-state index contributed by atoms with van der Waals surface area (Å²) in [6, 6.07) is 7.41. The van der Waals surface area contributed by atoms with Crippen molar-refractivity contribution in [3.05, 3.63) is 69.5 Å². The van der Waals surface area contributed by atoms with E-state index in [9.17, 15) is 32.8 Å². The third-order valence-corrected chi connectivity index (χ3v) is 4.74. The largest absolute Gasteiger partial charge is 0.545 e. The molecule has 0 radical (unpaired) electrons. The minimum Gasteiger partial charge on any atom is -0.545 e. The summed E-state index contributed by atoms with van der Waals surface area (Å²) in [7, 11) is -4.25. The molecule has 0 aliphatic rings. The number of benzene rings is 2. The van der Waals surface area contributed by atoms with Crippen molar-refractivity contribution in [3.63, 3.8) is 0 Å². The first-order valence-electron chi connectivity index (χ1n) is 6.18. The highest BCUT2D eigenvalue weighted by atomic mass is 32.2. The summed E-state index contributed by atoms with van der Waals surface area (Å²) in [5, 5.41) is 21.8. The maximum Gasteiger partial charge on any atom is 0.288 e. The van der Waals surface area contributed by atoms with Gasteiger partial charge < -0.3 is 9.90 Å². The molecule has 0 heterocycles. The van der Waals surface area contributed by atoms with E-state index in [1.165, 1.54) is 18.2 Å². The monoisotopic (exact) mass is 338 g/mol. The number of carbonyl (C=O) groups is 1. The molecule has 0 saturated heterocycles. The Morgan fingerprint density at radius 3 is 2.39 bits per heavy atom. The summed E-state index contributed by atoms with van der Waals surface area (Å²) in [6.45, 7) is 0. The Bertz CT molecular complexity index is 894. The number of aromatic carboxylic acids is 1. The van der Waals surface area contributed by atoms with Gasteiger partial charge in [-0.25, -0.2) is 12.8 Å². The zero-order valence-electron chi connectivity index (χ0n) is 11.4. The molecule has 7 nitrogen and oxygen atoms in total. The second-order valence-corrected chi connectivity index (χ2v) is 6.54. The summed E-state index contributed by atoms with van der Waals surface area (Å²) in [6.07, 6.45) is 0. The molecule has 120 valence electrons. The van der Waals surface area contributed by atoms with E-state index in [1.807, 2.05) is 0 Å². The minimum atomic E-state index is -4.25. The predicted octanol–water partition coefficient (Wildman–Crippen LogP) is 1.07. The van der Waals surface area contributed by atoms with Gasteiger partial charge in [0.2, 0.25) is 0 Å². The summed E-state index contributed by atoms with van der Waals surface area (Å²) in [5.41, 5.74) is -1.57. The molecule has 2 rings (SSSR count). The van der Waals surface area contributed by atoms with Crippen molar-refractivity contribution in [3.8, 4) is 0 Å². The average molecular weight is 338 g/mol. The predicted molar refractivity (Wildman–Crippen MR) is 74.7 cm³/mol. The van der Waals surface area contributed by atoms with Crippen LogP contribution in [0.2, 0.25) is 0 Å². The molecule has 0 amide bonds. The molecule has 0 bridgehead atoms. The number of halogens is 1. The van der Waals surface area contributed by atoms with Gasteiger partial charge in [0.15, 0.2) is 9.84 Å². The Hall–Kier alpha value is -2.81. The number of nitrogens with zero attached hydrogens (tertiary/aromatic N) is 1.